The van der Waals surface area contributed by atoms with Crippen LogP contribution in [0.1, 0.15) is 5.56 Å². The highest BCUT2D eigenvalue weighted by molar-refractivity contribution is 7.81. The molecule has 1 aliphatic rings. The van der Waals surface area contributed by atoms with E-state index in [1.165, 1.54) is 18.2 Å². The molecule has 0 atom stereocenters. The lowest BCUT2D eigenvalue weighted by Gasteiger charge is -2.26. The third-order valence-electron chi connectivity index (χ3n) is 4.54. The third-order valence-corrected chi connectivity index (χ3v) is 4.88. The van der Waals surface area contributed by atoms with Crippen LogP contribution in [-0.4, -0.2) is 54.2 Å². The van der Waals surface area contributed by atoms with Crippen LogP contribution in [0.5, 0.6) is 0 Å². The number of nitro groups is 1. The van der Waals surface area contributed by atoms with Gasteiger partial charge in [0.05, 0.1) is 18.1 Å². The van der Waals surface area contributed by atoms with E-state index in [1.807, 2.05) is 6.07 Å². The standard InChI is InChI=1S/C20H22N4O4S/c25-19(16-5-4-6-17(15-16)24(26)27)18(23-8-2-1-3-9-23)20(29)21-7-10-22-11-13-28-14-12-22/h1-6,8-9,15H,7,10-14H2,(H-,21,25,29). The monoisotopic (exact) mass is 414 g/mol. The lowest BCUT2D eigenvalue weighted by molar-refractivity contribution is -0.577. The third kappa shape index (κ3) is 5.57. The zero-order chi connectivity index (χ0) is 20.6. The van der Waals surface area contributed by atoms with E-state index < -0.39 is 4.92 Å². The number of rotatable bonds is 7. The van der Waals surface area contributed by atoms with Crippen molar-refractivity contribution in [3.05, 3.63) is 70.5 Å². The van der Waals surface area contributed by atoms with Crippen molar-refractivity contribution in [2.24, 2.45) is 0 Å². The summed E-state index contributed by atoms with van der Waals surface area (Å²) in [6.07, 6.45) is 3.45. The number of nitro benzene ring substituents is 1. The maximum Gasteiger partial charge on any atom is 0.270 e. The Morgan fingerprint density at radius 2 is 1.93 bits per heavy atom. The Bertz CT molecular complexity index is 898. The Balaban J connectivity index is 1.84. The number of hydrogen-bond acceptors (Lipinski definition) is 6. The van der Waals surface area contributed by atoms with Gasteiger partial charge < -0.3 is 15.2 Å². The summed E-state index contributed by atoms with van der Waals surface area (Å²) in [6.45, 7) is 4.52. The Morgan fingerprint density at radius 1 is 1.21 bits per heavy atom. The molecule has 9 heteroatoms. The predicted molar refractivity (Wildman–Crippen MR) is 111 cm³/mol. The molecule has 3 rings (SSSR count). The minimum atomic E-state index is -0.523. The lowest BCUT2D eigenvalue weighted by Crippen LogP contribution is -2.45. The molecule has 152 valence electrons. The van der Waals surface area contributed by atoms with Crippen LogP contribution in [0.25, 0.3) is 11.5 Å². The molecular formula is C20H22N4O4S. The molecular weight excluding hydrogens is 392 g/mol. The van der Waals surface area contributed by atoms with Crippen LogP contribution < -0.4 is 15.0 Å². The van der Waals surface area contributed by atoms with Crippen molar-refractivity contribution in [2.75, 3.05) is 39.4 Å². The summed E-state index contributed by atoms with van der Waals surface area (Å²) in [6, 6.07) is 11.1. The van der Waals surface area contributed by atoms with Crippen LogP contribution >= 0.6 is 12.2 Å². The minimum Gasteiger partial charge on any atom is -0.867 e. The van der Waals surface area contributed by atoms with Gasteiger partial charge in [-0.05, 0) is 11.3 Å². The fourth-order valence-corrected chi connectivity index (χ4v) is 3.32. The zero-order valence-electron chi connectivity index (χ0n) is 15.8. The van der Waals surface area contributed by atoms with Crippen molar-refractivity contribution < 1.29 is 19.3 Å². The maximum absolute atomic E-state index is 13.2. The molecule has 1 aromatic carbocycles. The van der Waals surface area contributed by atoms with E-state index in [1.54, 1.807) is 35.2 Å². The van der Waals surface area contributed by atoms with Crippen LogP contribution in [0.4, 0.5) is 5.69 Å². The fraction of sp³-hybridized carbons (Fsp3) is 0.300. The van der Waals surface area contributed by atoms with Gasteiger partial charge in [-0.2, -0.15) is 4.57 Å². The maximum atomic E-state index is 13.2. The lowest BCUT2D eigenvalue weighted by atomic mass is 10.1. The van der Waals surface area contributed by atoms with Crippen LogP contribution in [-0.2, 0) is 4.74 Å². The normalized spacial score (nSPS) is 15.4. The van der Waals surface area contributed by atoms with Gasteiger partial charge in [-0.3, -0.25) is 15.0 Å². The van der Waals surface area contributed by atoms with E-state index in [2.05, 4.69) is 10.2 Å². The van der Waals surface area contributed by atoms with Gasteiger partial charge in [0.2, 0.25) is 5.70 Å². The van der Waals surface area contributed by atoms with Gasteiger partial charge in [-0.1, -0.05) is 30.4 Å². The van der Waals surface area contributed by atoms with E-state index in [9.17, 15) is 15.2 Å². The van der Waals surface area contributed by atoms with E-state index in [4.69, 9.17) is 17.0 Å². The van der Waals surface area contributed by atoms with Gasteiger partial charge in [0.25, 0.3) is 5.69 Å². The minimum absolute atomic E-state index is 0.139. The summed E-state index contributed by atoms with van der Waals surface area (Å²) in [4.78, 5) is 13.1. The average molecular weight is 414 g/mol. The molecule has 1 aliphatic heterocycles. The summed E-state index contributed by atoms with van der Waals surface area (Å²) in [5, 5.41) is 27.4. The number of hydrogen-bond donors (Lipinski definition) is 1. The highest BCUT2D eigenvalue weighted by Gasteiger charge is 2.19. The number of morpholine rings is 1. The first-order chi connectivity index (χ1) is 14.1. The average Bonchev–Trinajstić information content (AvgIpc) is 2.75. The highest BCUT2D eigenvalue weighted by Crippen LogP contribution is 2.20. The number of non-ortho nitro benzene ring substituents is 1. The second-order valence-corrected chi connectivity index (χ2v) is 6.89. The number of nitrogens with one attached hydrogen (secondary N) is 1. The van der Waals surface area contributed by atoms with Crippen molar-refractivity contribution in [3.8, 4) is 0 Å². The number of pyridine rings is 1. The molecule has 1 N–H and O–H groups in total. The highest BCUT2D eigenvalue weighted by atomic mass is 32.1. The van der Waals surface area contributed by atoms with Gasteiger partial charge >= 0.3 is 0 Å². The van der Waals surface area contributed by atoms with Gasteiger partial charge in [0.1, 0.15) is 0 Å². The molecule has 0 aliphatic carbocycles. The summed E-state index contributed by atoms with van der Waals surface area (Å²) in [5.41, 5.74) is 0.324. The van der Waals surface area contributed by atoms with E-state index in [-0.39, 0.29) is 22.7 Å². The number of thiocarbonyl (C=S) groups is 1. The van der Waals surface area contributed by atoms with Crippen molar-refractivity contribution in [3.63, 3.8) is 0 Å². The Labute approximate surface area is 174 Å². The molecule has 0 amide bonds. The zero-order valence-corrected chi connectivity index (χ0v) is 16.6. The number of aromatic nitrogens is 1. The molecule has 0 bridgehead atoms. The van der Waals surface area contributed by atoms with Gasteiger partial charge in [-0.25, -0.2) is 0 Å². The second-order valence-electron chi connectivity index (χ2n) is 6.48. The Hall–Kier alpha value is -2.88. The van der Waals surface area contributed by atoms with Crippen LogP contribution in [0.3, 0.4) is 0 Å². The summed E-state index contributed by atoms with van der Waals surface area (Å²) >= 11 is 5.52. The molecule has 0 radical (unpaired) electrons. The predicted octanol–water partition coefficient (Wildman–Crippen LogP) is 0.818. The molecule has 0 spiro atoms. The first-order valence-corrected chi connectivity index (χ1v) is 9.68. The molecule has 1 saturated heterocycles. The van der Waals surface area contributed by atoms with Crippen molar-refractivity contribution in [1.29, 1.82) is 0 Å². The van der Waals surface area contributed by atoms with Gasteiger partial charge in [0.15, 0.2) is 17.4 Å². The SMILES string of the molecule is O=[N+]([O-])c1cccc(C([O-])=C(C(=S)NCCN2CCOCC2)[n+]2ccccc2)c1. The van der Waals surface area contributed by atoms with Crippen molar-refractivity contribution in [2.45, 2.75) is 0 Å². The van der Waals surface area contributed by atoms with Crippen LogP contribution in [0, 0.1) is 10.1 Å². The van der Waals surface area contributed by atoms with Crippen LogP contribution in [0.2, 0.25) is 0 Å². The second kappa shape index (κ2) is 10.1. The molecule has 2 heterocycles. The molecule has 2 aromatic rings. The van der Waals surface area contributed by atoms with E-state index in [0.29, 0.717) is 24.7 Å². The number of benzene rings is 1. The summed E-state index contributed by atoms with van der Waals surface area (Å²) in [7, 11) is 0. The number of nitrogens with zero attached hydrogens (tertiary/aromatic N) is 3. The topological polar surface area (TPSA) is 94.6 Å². The van der Waals surface area contributed by atoms with Crippen LogP contribution in [0.15, 0.2) is 54.9 Å². The number of ether oxygens (including phenoxy) is 1. The first-order valence-electron chi connectivity index (χ1n) is 9.27. The van der Waals surface area contributed by atoms with Crippen molar-refractivity contribution in [1.82, 2.24) is 10.2 Å². The van der Waals surface area contributed by atoms with E-state index >= 15 is 0 Å². The van der Waals surface area contributed by atoms with Crippen molar-refractivity contribution >= 4 is 34.3 Å². The smallest absolute Gasteiger partial charge is 0.270 e. The molecule has 0 unspecified atom stereocenters. The van der Waals surface area contributed by atoms with E-state index in [0.717, 1.165) is 19.6 Å². The quantitative estimate of drug-likeness (QED) is 0.179. The Morgan fingerprint density at radius 3 is 2.62 bits per heavy atom. The molecule has 1 aromatic heterocycles. The summed E-state index contributed by atoms with van der Waals surface area (Å²) in [5.74, 6) is -0.381. The molecule has 29 heavy (non-hydrogen) atoms. The Kier molecular flexibility index (Phi) is 7.23. The molecule has 8 nitrogen and oxygen atoms in total. The van der Waals surface area contributed by atoms with Gasteiger partial charge in [0, 0.05) is 50.4 Å². The fourth-order valence-electron chi connectivity index (χ4n) is 3.02. The molecule has 0 saturated carbocycles. The summed E-state index contributed by atoms with van der Waals surface area (Å²) < 4.78 is 6.97. The first kappa shape index (κ1) is 20.8. The molecule has 1 fully saturated rings. The van der Waals surface area contributed by atoms with Gasteiger partial charge in [-0.15, -0.1) is 0 Å². The largest absolute Gasteiger partial charge is 0.867 e.